The summed E-state index contributed by atoms with van der Waals surface area (Å²) in [5.41, 5.74) is 0. The lowest BCUT2D eigenvalue weighted by Crippen LogP contribution is -2.39. The molecule has 0 amide bonds. The number of likely N-dealkylation sites (tertiary alicyclic amines) is 1. The minimum absolute atomic E-state index is 0.315. The Bertz CT molecular complexity index is 132. The first-order valence-electron chi connectivity index (χ1n) is 4.30. The lowest BCUT2D eigenvalue weighted by Gasteiger charge is -2.32. The zero-order valence-corrected chi connectivity index (χ0v) is 11.6. The summed E-state index contributed by atoms with van der Waals surface area (Å²) in [6, 6.07) is 0.658. The van der Waals surface area contributed by atoms with Crippen molar-refractivity contribution in [3.63, 3.8) is 0 Å². The Hall–Kier alpha value is 1.38. The first kappa shape index (κ1) is 11.5. The largest absolute Gasteiger partial charge is 0.356 e. The molecule has 1 aliphatic heterocycles. The van der Waals surface area contributed by atoms with Gasteiger partial charge in [0.15, 0.2) is 2.12 Å². The van der Waals surface area contributed by atoms with Crippen molar-refractivity contribution in [2.24, 2.45) is 0 Å². The monoisotopic (exact) mass is 395 g/mol. The number of piperidine rings is 1. The van der Waals surface area contributed by atoms with E-state index in [0.29, 0.717) is 8.16 Å². The molecule has 0 unspecified atom stereocenters. The molecule has 1 atom stereocenters. The molecule has 0 aromatic carbocycles. The molecule has 0 bridgehead atoms. The van der Waals surface area contributed by atoms with Crippen LogP contribution in [-0.2, 0) is 4.74 Å². The lowest BCUT2D eigenvalue weighted by atomic mass is 10.0. The summed E-state index contributed by atoms with van der Waals surface area (Å²) in [5, 5.41) is 0. The summed E-state index contributed by atoms with van der Waals surface area (Å²) in [4.78, 5) is 2.42. The normalized spacial score (nSPS) is 26.5. The number of halogens is 2. The van der Waals surface area contributed by atoms with Crippen LogP contribution in [0.5, 0.6) is 0 Å². The Labute approximate surface area is 102 Å². The van der Waals surface area contributed by atoms with Crippen molar-refractivity contribution >= 4 is 45.2 Å². The molecule has 1 fully saturated rings. The standard InChI is InChI=1S/C8H15I2NO/c1-11-5-3-2-4-7(11)6-12-8(9)10/h7-8H,2-6H2,1H3/t7-/m0/s1. The van der Waals surface area contributed by atoms with E-state index in [-0.39, 0.29) is 0 Å². The van der Waals surface area contributed by atoms with Crippen LogP contribution in [0.15, 0.2) is 0 Å². The first-order chi connectivity index (χ1) is 5.70. The smallest absolute Gasteiger partial charge is 0.159 e. The van der Waals surface area contributed by atoms with Crippen LogP contribution in [0.3, 0.4) is 0 Å². The highest BCUT2D eigenvalue weighted by molar-refractivity contribution is 14.2. The Morgan fingerprint density at radius 3 is 2.83 bits per heavy atom. The van der Waals surface area contributed by atoms with E-state index in [1.807, 2.05) is 0 Å². The van der Waals surface area contributed by atoms with E-state index in [9.17, 15) is 0 Å². The van der Waals surface area contributed by atoms with Gasteiger partial charge in [0.1, 0.15) is 0 Å². The Morgan fingerprint density at radius 2 is 2.25 bits per heavy atom. The molecular formula is C8H15I2NO. The summed E-state index contributed by atoms with van der Waals surface area (Å²) < 4.78 is 5.90. The second-order valence-electron chi connectivity index (χ2n) is 3.22. The molecule has 1 aliphatic rings. The van der Waals surface area contributed by atoms with E-state index in [0.717, 1.165) is 6.61 Å². The van der Waals surface area contributed by atoms with Crippen molar-refractivity contribution < 1.29 is 4.74 Å². The molecule has 0 aromatic heterocycles. The molecule has 12 heavy (non-hydrogen) atoms. The van der Waals surface area contributed by atoms with Crippen LogP contribution in [-0.4, -0.2) is 33.3 Å². The topological polar surface area (TPSA) is 12.5 Å². The van der Waals surface area contributed by atoms with Crippen molar-refractivity contribution in [2.75, 3.05) is 20.2 Å². The predicted molar refractivity (Wildman–Crippen MR) is 68.0 cm³/mol. The molecule has 0 aliphatic carbocycles. The van der Waals surface area contributed by atoms with Crippen molar-refractivity contribution in [3.05, 3.63) is 0 Å². The summed E-state index contributed by atoms with van der Waals surface area (Å²) >= 11 is 4.58. The maximum Gasteiger partial charge on any atom is 0.159 e. The van der Waals surface area contributed by atoms with Gasteiger partial charge in [-0.15, -0.1) is 0 Å². The van der Waals surface area contributed by atoms with Gasteiger partial charge in [-0.3, -0.25) is 0 Å². The summed E-state index contributed by atoms with van der Waals surface area (Å²) in [6.45, 7) is 2.13. The van der Waals surface area contributed by atoms with Crippen molar-refractivity contribution in [3.8, 4) is 0 Å². The SMILES string of the molecule is CN1CCCC[C@H]1COC(I)I. The van der Waals surface area contributed by atoms with Crippen molar-refractivity contribution in [2.45, 2.75) is 27.4 Å². The van der Waals surface area contributed by atoms with Gasteiger partial charge in [0.25, 0.3) is 0 Å². The Morgan fingerprint density at radius 1 is 1.50 bits per heavy atom. The van der Waals surface area contributed by atoms with Gasteiger partial charge < -0.3 is 9.64 Å². The maximum atomic E-state index is 5.58. The van der Waals surface area contributed by atoms with E-state index >= 15 is 0 Å². The van der Waals surface area contributed by atoms with Gasteiger partial charge in [-0.2, -0.15) is 0 Å². The number of ether oxygens (including phenoxy) is 1. The number of hydrogen-bond acceptors (Lipinski definition) is 2. The highest BCUT2D eigenvalue weighted by atomic mass is 127. The number of rotatable bonds is 3. The zero-order valence-electron chi connectivity index (χ0n) is 7.30. The van der Waals surface area contributed by atoms with Crippen LogP contribution in [0.1, 0.15) is 19.3 Å². The number of hydrogen-bond donors (Lipinski definition) is 0. The summed E-state index contributed by atoms with van der Waals surface area (Å²) in [6.07, 6.45) is 4.02. The van der Waals surface area contributed by atoms with Gasteiger partial charge in [-0.1, -0.05) is 6.42 Å². The third-order valence-corrected chi connectivity index (χ3v) is 3.06. The molecule has 0 spiro atoms. The van der Waals surface area contributed by atoms with Gasteiger partial charge in [-0.25, -0.2) is 0 Å². The molecule has 1 heterocycles. The summed E-state index contributed by atoms with van der Waals surface area (Å²) in [7, 11) is 2.20. The highest BCUT2D eigenvalue weighted by Crippen LogP contribution is 2.18. The van der Waals surface area contributed by atoms with Gasteiger partial charge in [0, 0.05) is 6.04 Å². The third kappa shape index (κ3) is 4.06. The van der Waals surface area contributed by atoms with Crippen molar-refractivity contribution in [1.82, 2.24) is 4.90 Å². The average Bonchev–Trinajstić information content (AvgIpc) is 2.03. The molecule has 1 rings (SSSR count). The van der Waals surface area contributed by atoms with Crippen LogP contribution >= 0.6 is 45.2 Å². The Kier molecular flexibility index (Phi) is 5.70. The van der Waals surface area contributed by atoms with E-state index in [4.69, 9.17) is 4.74 Å². The zero-order chi connectivity index (χ0) is 8.97. The molecule has 0 aromatic rings. The van der Waals surface area contributed by atoms with Crippen LogP contribution in [0.4, 0.5) is 0 Å². The molecule has 4 heteroatoms. The number of nitrogens with zero attached hydrogens (tertiary/aromatic N) is 1. The molecule has 2 nitrogen and oxygen atoms in total. The van der Waals surface area contributed by atoms with Gasteiger partial charge >= 0.3 is 0 Å². The van der Waals surface area contributed by atoms with Gasteiger partial charge in [0.2, 0.25) is 0 Å². The second kappa shape index (κ2) is 5.98. The quantitative estimate of drug-likeness (QED) is 0.539. The predicted octanol–water partition coefficient (Wildman–Crippen LogP) is 2.64. The first-order valence-corrected chi connectivity index (χ1v) is 6.79. The van der Waals surface area contributed by atoms with E-state index < -0.39 is 0 Å². The van der Waals surface area contributed by atoms with E-state index in [2.05, 4.69) is 57.1 Å². The maximum absolute atomic E-state index is 5.58. The molecule has 1 saturated heterocycles. The number of alkyl halides is 2. The molecule has 0 radical (unpaired) electrons. The molecule has 0 N–H and O–H groups in total. The van der Waals surface area contributed by atoms with Crippen LogP contribution in [0.2, 0.25) is 0 Å². The minimum Gasteiger partial charge on any atom is -0.356 e. The lowest BCUT2D eigenvalue weighted by molar-refractivity contribution is 0.0745. The molecule has 0 saturated carbocycles. The molecular weight excluding hydrogens is 380 g/mol. The fourth-order valence-corrected chi connectivity index (χ4v) is 1.95. The van der Waals surface area contributed by atoms with Crippen LogP contribution in [0, 0.1) is 0 Å². The number of likely N-dealkylation sites (N-methyl/N-ethyl adjacent to an activating group) is 1. The minimum atomic E-state index is 0.315. The fourth-order valence-electron chi connectivity index (χ4n) is 1.54. The van der Waals surface area contributed by atoms with Crippen LogP contribution in [0.25, 0.3) is 0 Å². The summed E-state index contributed by atoms with van der Waals surface area (Å²) in [5.74, 6) is 0. The van der Waals surface area contributed by atoms with E-state index in [1.165, 1.54) is 25.8 Å². The highest BCUT2D eigenvalue weighted by Gasteiger charge is 2.19. The molecule has 72 valence electrons. The van der Waals surface area contributed by atoms with Gasteiger partial charge in [-0.05, 0) is 71.6 Å². The fraction of sp³-hybridized carbons (Fsp3) is 1.00. The van der Waals surface area contributed by atoms with Gasteiger partial charge in [0.05, 0.1) is 6.61 Å². The average molecular weight is 395 g/mol. The third-order valence-electron chi connectivity index (χ3n) is 2.34. The van der Waals surface area contributed by atoms with Crippen LogP contribution < -0.4 is 0 Å². The van der Waals surface area contributed by atoms with E-state index in [1.54, 1.807) is 0 Å². The second-order valence-corrected chi connectivity index (χ2v) is 7.87. The van der Waals surface area contributed by atoms with Crippen molar-refractivity contribution in [1.29, 1.82) is 0 Å². The Balaban J connectivity index is 2.20.